The SMILES string of the molecule is CCCC(Oc1ccc(C)cc1CNC)C(=O)OCC. The van der Waals surface area contributed by atoms with Crippen LogP contribution in [0.15, 0.2) is 18.2 Å². The highest BCUT2D eigenvalue weighted by atomic mass is 16.6. The molecule has 0 aliphatic rings. The fourth-order valence-corrected chi connectivity index (χ4v) is 2.03. The van der Waals surface area contributed by atoms with Gasteiger partial charge in [-0.2, -0.15) is 0 Å². The topological polar surface area (TPSA) is 47.6 Å². The Labute approximate surface area is 121 Å². The van der Waals surface area contributed by atoms with Crippen LogP contribution in [0.1, 0.15) is 37.8 Å². The normalized spacial score (nSPS) is 12.0. The number of aryl methyl sites for hydroxylation is 1. The van der Waals surface area contributed by atoms with Gasteiger partial charge in [-0.05, 0) is 33.4 Å². The molecule has 0 saturated carbocycles. The maximum atomic E-state index is 11.9. The summed E-state index contributed by atoms with van der Waals surface area (Å²) in [5.74, 6) is 0.460. The van der Waals surface area contributed by atoms with Crippen molar-refractivity contribution in [2.45, 2.75) is 46.3 Å². The van der Waals surface area contributed by atoms with Crippen LogP contribution in [0.5, 0.6) is 5.75 Å². The third-order valence-corrected chi connectivity index (χ3v) is 2.95. The molecule has 0 radical (unpaired) electrons. The van der Waals surface area contributed by atoms with E-state index in [1.165, 1.54) is 5.56 Å². The van der Waals surface area contributed by atoms with Gasteiger partial charge in [0.2, 0.25) is 0 Å². The lowest BCUT2D eigenvalue weighted by molar-refractivity contribution is -0.151. The number of benzene rings is 1. The summed E-state index contributed by atoms with van der Waals surface area (Å²) in [6.45, 7) is 6.95. The summed E-state index contributed by atoms with van der Waals surface area (Å²) >= 11 is 0. The maximum Gasteiger partial charge on any atom is 0.347 e. The van der Waals surface area contributed by atoms with E-state index in [4.69, 9.17) is 9.47 Å². The molecule has 0 bridgehead atoms. The first kappa shape index (κ1) is 16.5. The van der Waals surface area contributed by atoms with E-state index >= 15 is 0 Å². The van der Waals surface area contributed by atoms with Crippen molar-refractivity contribution in [3.05, 3.63) is 29.3 Å². The first-order chi connectivity index (χ1) is 9.62. The zero-order valence-electron chi connectivity index (χ0n) is 12.9. The lowest BCUT2D eigenvalue weighted by Crippen LogP contribution is -2.29. The van der Waals surface area contributed by atoms with Gasteiger partial charge in [-0.25, -0.2) is 4.79 Å². The predicted octanol–water partition coefficient (Wildman–Crippen LogP) is 2.83. The number of carbonyl (C=O) groups excluding carboxylic acids is 1. The molecule has 20 heavy (non-hydrogen) atoms. The lowest BCUT2D eigenvalue weighted by atomic mass is 10.1. The summed E-state index contributed by atoms with van der Waals surface area (Å²) in [7, 11) is 1.89. The van der Waals surface area contributed by atoms with Crippen LogP contribution in [0.3, 0.4) is 0 Å². The van der Waals surface area contributed by atoms with Crippen molar-refractivity contribution in [2.24, 2.45) is 0 Å². The quantitative estimate of drug-likeness (QED) is 0.743. The number of hydrogen-bond donors (Lipinski definition) is 1. The number of carbonyl (C=O) groups is 1. The second-order valence-corrected chi connectivity index (χ2v) is 4.79. The van der Waals surface area contributed by atoms with Crippen LogP contribution in [-0.2, 0) is 16.1 Å². The molecule has 1 rings (SSSR count). The van der Waals surface area contributed by atoms with Crippen LogP contribution in [0, 0.1) is 6.92 Å². The Bertz CT molecular complexity index is 432. The van der Waals surface area contributed by atoms with Crippen LogP contribution in [0.4, 0.5) is 0 Å². The van der Waals surface area contributed by atoms with Crippen molar-refractivity contribution in [1.82, 2.24) is 5.32 Å². The Morgan fingerprint density at radius 1 is 1.35 bits per heavy atom. The van der Waals surface area contributed by atoms with Crippen LogP contribution >= 0.6 is 0 Å². The zero-order valence-corrected chi connectivity index (χ0v) is 12.9. The minimum atomic E-state index is -0.529. The molecule has 1 atom stereocenters. The molecular weight excluding hydrogens is 254 g/mol. The first-order valence-electron chi connectivity index (χ1n) is 7.19. The van der Waals surface area contributed by atoms with E-state index in [2.05, 4.69) is 11.4 Å². The third kappa shape index (κ3) is 4.85. The molecule has 1 aromatic carbocycles. The molecule has 0 amide bonds. The Kier molecular flexibility index (Phi) is 7.09. The van der Waals surface area contributed by atoms with Gasteiger partial charge < -0.3 is 14.8 Å². The summed E-state index contributed by atoms with van der Waals surface area (Å²) in [6, 6.07) is 5.98. The van der Waals surface area contributed by atoms with E-state index in [1.807, 2.05) is 33.0 Å². The van der Waals surface area contributed by atoms with E-state index in [0.29, 0.717) is 19.6 Å². The van der Waals surface area contributed by atoms with Crippen LogP contribution in [0.25, 0.3) is 0 Å². The van der Waals surface area contributed by atoms with Crippen molar-refractivity contribution in [3.63, 3.8) is 0 Å². The minimum absolute atomic E-state index is 0.287. The average Bonchev–Trinajstić information content (AvgIpc) is 2.41. The largest absolute Gasteiger partial charge is 0.478 e. The van der Waals surface area contributed by atoms with Gasteiger partial charge in [0.25, 0.3) is 0 Å². The molecule has 0 aromatic heterocycles. The zero-order chi connectivity index (χ0) is 15.0. The Balaban J connectivity index is 2.89. The van der Waals surface area contributed by atoms with Gasteiger partial charge in [-0.3, -0.25) is 0 Å². The van der Waals surface area contributed by atoms with Gasteiger partial charge >= 0.3 is 5.97 Å². The van der Waals surface area contributed by atoms with Crippen LogP contribution < -0.4 is 10.1 Å². The maximum absolute atomic E-state index is 11.9. The van der Waals surface area contributed by atoms with Gasteiger partial charge in [0.15, 0.2) is 6.10 Å². The second-order valence-electron chi connectivity index (χ2n) is 4.79. The van der Waals surface area contributed by atoms with Gasteiger partial charge in [-0.15, -0.1) is 0 Å². The smallest absolute Gasteiger partial charge is 0.347 e. The summed E-state index contributed by atoms with van der Waals surface area (Å²) in [5.41, 5.74) is 2.23. The molecule has 0 fully saturated rings. The lowest BCUT2D eigenvalue weighted by Gasteiger charge is -2.19. The standard InChI is InChI=1S/C16H25NO3/c1-5-7-15(16(18)19-6-2)20-14-9-8-12(3)10-13(14)11-17-4/h8-10,15,17H,5-7,11H2,1-4H3. The first-order valence-corrected chi connectivity index (χ1v) is 7.19. The molecule has 1 aromatic rings. The molecule has 0 spiro atoms. The van der Waals surface area contributed by atoms with Gasteiger partial charge in [0.05, 0.1) is 6.61 Å². The second kappa shape index (κ2) is 8.59. The highest BCUT2D eigenvalue weighted by molar-refractivity contribution is 5.75. The number of hydrogen-bond acceptors (Lipinski definition) is 4. The molecule has 0 heterocycles. The van der Waals surface area contributed by atoms with Crippen molar-refractivity contribution in [3.8, 4) is 5.75 Å². The van der Waals surface area contributed by atoms with Gasteiger partial charge in [0, 0.05) is 12.1 Å². The van der Waals surface area contributed by atoms with Crippen LogP contribution in [0.2, 0.25) is 0 Å². The van der Waals surface area contributed by atoms with Crippen LogP contribution in [-0.4, -0.2) is 25.7 Å². The van der Waals surface area contributed by atoms with Crippen molar-refractivity contribution < 1.29 is 14.3 Å². The highest BCUT2D eigenvalue weighted by Crippen LogP contribution is 2.22. The molecule has 0 aliphatic heterocycles. The summed E-state index contributed by atoms with van der Waals surface area (Å²) in [5, 5.41) is 3.12. The fraction of sp³-hybridized carbons (Fsp3) is 0.562. The molecule has 1 N–H and O–H groups in total. The Morgan fingerprint density at radius 3 is 2.70 bits per heavy atom. The monoisotopic (exact) mass is 279 g/mol. The van der Waals surface area contributed by atoms with E-state index in [9.17, 15) is 4.79 Å². The molecule has 0 aliphatic carbocycles. The molecule has 112 valence electrons. The Morgan fingerprint density at radius 2 is 2.10 bits per heavy atom. The third-order valence-electron chi connectivity index (χ3n) is 2.95. The molecule has 4 nitrogen and oxygen atoms in total. The van der Waals surface area contributed by atoms with Crippen molar-refractivity contribution in [1.29, 1.82) is 0 Å². The molecule has 1 unspecified atom stereocenters. The van der Waals surface area contributed by atoms with E-state index in [0.717, 1.165) is 17.7 Å². The number of nitrogens with one attached hydrogen (secondary N) is 1. The van der Waals surface area contributed by atoms with E-state index in [1.54, 1.807) is 6.92 Å². The van der Waals surface area contributed by atoms with Gasteiger partial charge in [0.1, 0.15) is 5.75 Å². The van der Waals surface area contributed by atoms with Crippen molar-refractivity contribution in [2.75, 3.05) is 13.7 Å². The number of esters is 1. The Hall–Kier alpha value is -1.55. The van der Waals surface area contributed by atoms with E-state index in [-0.39, 0.29) is 5.97 Å². The average molecular weight is 279 g/mol. The summed E-state index contributed by atoms with van der Waals surface area (Å²) in [6.07, 6.45) is 1.00. The van der Waals surface area contributed by atoms with Crippen molar-refractivity contribution >= 4 is 5.97 Å². The number of ether oxygens (including phenoxy) is 2. The number of rotatable bonds is 8. The van der Waals surface area contributed by atoms with E-state index < -0.39 is 6.10 Å². The van der Waals surface area contributed by atoms with Gasteiger partial charge in [-0.1, -0.05) is 31.0 Å². The molecular formula is C16H25NO3. The molecule has 0 saturated heterocycles. The fourth-order valence-electron chi connectivity index (χ4n) is 2.03. The minimum Gasteiger partial charge on any atom is -0.478 e. The summed E-state index contributed by atoms with van der Waals surface area (Å²) < 4.78 is 11.0. The summed E-state index contributed by atoms with van der Waals surface area (Å²) in [4.78, 5) is 11.9. The highest BCUT2D eigenvalue weighted by Gasteiger charge is 2.21. The molecule has 4 heteroatoms. The predicted molar refractivity (Wildman–Crippen MR) is 79.9 cm³/mol.